The van der Waals surface area contributed by atoms with Gasteiger partial charge >= 0.3 is 0 Å². The first kappa shape index (κ1) is 13.7. The SMILES string of the molecule is CNC(=O)[C@@H](C)NCc1ccc(Br)c(Br)c1. The highest BCUT2D eigenvalue weighted by Gasteiger charge is 2.09. The Kier molecular flexibility index (Phi) is 5.44. The molecule has 16 heavy (non-hydrogen) atoms. The number of amides is 1. The van der Waals surface area contributed by atoms with E-state index in [1.807, 2.05) is 25.1 Å². The predicted molar refractivity (Wildman–Crippen MR) is 72.2 cm³/mol. The first-order valence-electron chi connectivity index (χ1n) is 4.93. The van der Waals surface area contributed by atoms with Crippen LogP contribution in [-0.4, -0.2) is 19.0 Å². The number of nitrogens with one attached hydrogen (secondary N) is 2. The topological polar surface area (TPSA) is 41.1 Å². The van der Waals surface area contributed by atoms with E-state index in [0.717, 1.165) is 14.5 Å². The number of carbonyl (C=O) groups excluding carboxylic acids is 1. The predicted octanol–water partition coefficient (Wildman–Crippen LogP) is 2.44. The molecule has 1 rings (SSSR count). The summed E-state index contributed by atoms with van der Waals surface area (Å²) < 4.78 is 2.04. The summed E-state index contributed by atoms with van der Waals surface area (Å²) in [4.78, 5) is 11.3. The number of hydrogen-bond donors (Lipinski definition) is 2. The zero-order chi connectivity index (χ0) is 12.1. The summed E-state index contributed by atoms with van der Waals surface area (Å²) in [5, 5.41) is 5.75. The van der Waals surface area contributed by atoms with E-state index in [2.05, 4.69) is 42.5 Å². The van der Waals surface area contributed by atoms with Gasteiger partial charge in [0.25, 0.3) is 0 Å². The minimum Gasteiger partial charge on any atom is -0.358 e. The Morgan fingerprint density at radius 1 is 1.38 bits per heavy atom. The highest BCUT2D eigenvalue weighted by atomic mass is 79.9. The van der Waals surface area contributed by atoms with Gasteiger partial charge in [0.2, 0.25) is 5.91 Å². The van der Waals surface area contributed by atoms with Crippen LogP contribution in [0.1, 0.15) is 12.5 Å². The van der Waals surface area contributed by atoms with Crippen LogP contribution in [0.15, 0.2) is 27.1 Å². The molecule has 0 aliphatic heterocycles. The number of likely N-dealkylation sites (N-methyl/N-ethyl adjacent to an activating group) is 1. The Labute approximate surface area is 112 Å². The van der Waals surface area contributed by atoms with Gasteiger partial charge < -0.3 is 10.6 Å². The molecule has 0 radical (unpaired) electrons. The summed E-state index contributed by atoms with van der Waals surface area (Å²) in [6.07, 6.45) is 0. The third-order valence-corrected chi connectivity index (χ3v) is 4.12. The maximum absolute atomic E-state index is 11.3. The van der Waals surface area contributed by atoms with Gasteiger partial charge in [-0.1, -0.05) is 6.07 Å². The van der Waals surface area contributed by atoms with E-state index in [1.54, 1.807) is 7.05 Å². The summed E-state index contributed by atoms with van der Waals surface area (Å²) >= 11 is 6.85. The number of rotatable bonds is 4. The number of halogens is 2. The van der Waals surface area contributed by atoms with Crippen LogP contribution >= 0.6 is 31.9 Å². The average Bonchev–Trinajstić information content (AvgIpc) is 2.29. The molecule has 1 atom stereocenters. The van der Waals surface area contributed by atoms with Gasteiger partial charge in [0.15, 0.2) is 0 Å². The summed E-state index contributed by atoms with van der Waals surface area (Å²) in [6, 6.07) is 5.82. The molecule has 88 valence electrons. The van der Waals surface area contributed by atoms with Crippen LogP contribution in [-0.2, 0) is 11.3 Å². The van der Waals surface area contributed by atoms with Crippen molar-refractivity contribution in [3.8, 4) is 0 Å². The summed E-state index contributed by atoms with van der Waals surface area (Å²) in [5.41, 5.74) is 1.13. The number of benzene rings is 1. The summed E-state index contributed by atoms with van der Waals surface area (Å²) in [5.74, 6) is -0.00354. The molecule has 0 aliphatic rings. The van der Waals surface area contributed by atoms with Crippen molar-refractivity contribution in [1.82, 2.24) is 10.6 Å². The molecule has 0 saturated heterocycles. The lowest BCUT2D eigenvalue weighted by Crippen LogP contribution is -2.40. The third kappa shape index (κ3) is 3.88. The van der Waals surface area contributed by atoms with E-state index in [1.165, 1.54) is 0 Å². The van der Waals surface area contributed by atoms with Crippen molar-refractivity contribution in [1.29, 1.82) is 0 Å². The van der Waals surface area contributed by atoms with Gasteiger partial charge in [-0.25, -0.2) is 0 Å². The fourth-order valence-corrected chi connectivity index (χ4v) is 1.90. The van der Waals surface area contributed by atoms with Crippen LogP contribution in [0.3, 0.4) is 0 Å². The van der Waals surface area contributed by atoms with Crippen LogP contribution in [0.5, 0.6) is 0 Å². The van der Waals surface area contributed by atoms with Gasteiger partial charge in [-0.2, -0.15) is 0 Å². The molecule has 5 heteroatoms. The minimum atomic E-state index is -0.188. The van der Waals surface area contributed by atoms with Crippen molar-refractivity contribution < 1.29 is 4.79 Å². The average molecular weight is 350 g/mol. The van der Waals surface area contributed by atoms with E-state index >= 15 is 0 Å². The quantitative estimate of drug-likeness (QED) is 0.876. The van der Waals surface area contributed by atoms with Crippen LogP contribution < -0.4 is 10.6 Å². The lowest BCUT2D eigenvalue weighted by Gasteiger charge is -2.12. The van der Waals surface area contributed by atoms with E-state index < -0.39 is 0 Å². The van der Waals surface area contributed by atoms with E-state index in [0.29, 0.717) is 6.54 Å². The maximum Gasteiger partial charge on any atom is 0.236 e. The highest BCUT2D eigenvalue weighted by Crippen LogP contribution is 2.23. The molecule has 1 aromatic rings. The maximum atomic E-state index is 11.3. The van der Waals surface area contributed by atoms with E-state index in [4.69, 9.17) is 0 Å². The second-order valence-corrected chi connectivity index (χ2v) is 5.17. The Bertz CT molecular complexity index is 382. The van der Waals surface area contributed by atoms with Crippen molar-refractivity contribution in [2.75, 3.05) is 7.05 Å². The molecule has 1 amide bonds. The zero-order valence-corrected chi connectivity index (χ0v) is 12.4. The van der Waals surface area contributed by atoms with Gasteiger partial charge in [-0.05, 0) is 56.5 Å². The van der Waals surface area contributed by atoms with Crippen LogP contribution in [0, 0.1) is 0 Å². The molecule has 0 bridgehead atoms. The molecule has 0 fully saturated rings. The number of carbonyl (C=O) groups is 1. The van der Waals surface area contributed by atoms with Gasteiger partial charge in [-0.3, -0.25) is 4.79 Å². The molecule has 3 nitrogen and oxygen atoms in total. The fourth-order valence-electron chi connectivity index (χ4n) is 1.23. The molecule has 0 aliphatic carbocycles. The largest absolute Gasteiger partial charge is 0.358 e. The molecule has 0 aromatic heterocycles. The highest BCUT2D eigenvalue weighted by molar-refractivity contribution is 9.13. The Hall–Kier alpha value is -0.390. The Balaban J connectivity index is 2.55. The first-order valence-corrected chi connectivity index (χ1v) is 6.52. The molecule has 0 unspecified atom stereocenters. The fraction of sp³-hybridized carbons (Fsp3) is 0.364. The Morgan fingerprint density at radius 2 is 2.06 bits per heavy atom. The van der Waals surface area contributed by atoms with Crippen LogP contribution in [0.25, 0.3) is 0 Å². The Morgan fingerprint density at radius 3 is 2.62 bits per heavy atom. The molecule has 2 N–H and O–H groups in total. The normalized spacial score (nSPS) is 12.2. The molecular formula is C11H14Br2N2O. The van der Waals surface area contributed by atoms with Crippen LogP contribution in [0.2, 0.25) is 0 Å². The third-order valence-electron chi connectivity index (χ3n) is 2.24. The van der Waals surface area contributed by atoms with Crippen molar-refractivity contribution in [2.24, 2.45) is 0 Å². The molecule has 0 spiro atoms. The van der Waals surface area contributed by atoms with Gasteiger partial charge in [-0.15, -0.1) is 0 Å². The second-order valence-electron chi connectivity index (χ2n) is 3.47. The molecule has 0 heterocycles. The van der Waals surface area contributed by atoms with Crippen molar-refractivity contribution in [3.63, 3.8) is 0 Å². The number of hydrogen-bond acceptors (Lipinski definition) is 2. The monoisotopic (exact) mass is 348 g/mol. The standard InChI is InChI=1S/C11H14Br2N2O/c1-7(11(16)14-2)15-6-8-3-4-9(12)10(13)5-8/h3-5,7,15H,6H2,1-2H3,(H,14,16)/t7-/m1/s1. The second kappa shape index (κ2) is 6.37. The lowest BCUT2D eigenvalue weighted by molar-refractivity contribution is -0.122. The molecule has 0 saturated carbocycles. The van der Waals surface area contributed by atoms with Crippen molar-refractivity contribution in [2.45, 2.75) is 19.5 Å². The van der Waals surface area contributed by atoms with Gasteiger partial charge in [0, 0.05) is 22.5 Å². The van der Waals surface area contributed by atoms with E-state index in [9.17, 15) is 4.79 Å². The van der Waals surface area contributed by atoms with Gasteiger partial charge in [0.1, 0.15) is 0 Å². The smallest absolute Gasteiger partial charge is 0.236 e. The van der Waals surface area contributed by atoms with Gasteiger partial charge in [0.05, 0.1) is 6.04 Å². The summed E-state index contributed by atoms with van der Waals surface area (Å²) in [7, 11) is 1.64. The molecular weight excluding hydrogens is 336 g/mol. The zero-order valence-electron chi connectivity index (χ0n) is 9.18. The first-order chi connectivity index (χ1) is 7.54. The van der Waals surface area contributed by atoms with Crippen LogP contribution in [0.4, 0.5) is 0 Å². The van der Waals surface area contributed by atoms with Crippen molar-refractivity contribution >= 4 is 37.8 Å². The summed E-state index contributed by atoms with van der Waals surface area (Å²) in [6.45, 7) is 2.51. The molecule has 1 aromatic carbocycles. The van der Waals surface area contributed by atoms with E-state index in [-0.39, 0.29) is 11.9 Å². The lowest BCUT2D eigenvalue weighted by atomic mass is 10.2. The minimum absolute atomic E-state index is 0.00354. The van der Waals surface area contributed by atoms with Crippen molar-refractivity contribution in [3.05, 3.63) is 32.7 Å².